The summed E-state index contributed by atoms with van der Waals surface area (Å²) in [6.45, 7) is 7.11. The number of rotatable bonds is 5. The first-order chi connectivity index (χ1) is 8.89. The first-order valence-electron chi connectivity index (χ1n) is 5.94. The fraction of sp³-hybridized carbons (Fsp3) is 0.538. The van der Waals surface area contributed by atoms with Crippen molar-refractivity contribution < 1.29 is 23.0 Å². The second-order valence-corrected chi connectivity index (χ2v) is 4.17. The number of hydrogen-bond acceptors (Lipinski definition) is 4. The molecule has 106 valence electrons. The normalized spacial score (nSPS) is 23.4. The van der Waals surface area contributed by atoms with Crippen molar-refractivity contribution in [2.75, 3.05) is 6.61 Å². The van der Waals surface area contributed by atoms with Crippen molar-refractivity contribution in [3.05, 3.63) is 24.5 Å². The van der Waals surface area contributed by atoms with Crippen molar-refractivity contribution in [1.82, 2.24) is 0 Å². The first kappa shape index (κ1) is 15.3. The predicted octanol–water partition coefficient (Wildman–Crippen LogP) is 2.85. The van der Waals surface area contributed by atoms with Crippen LogP contribution in [0.4, 0.5) is 8.78 Å². The summed E-state index contributed by atoms with van der Waals surface area (Å²) in [5.41, 5.74) is -1.25. The number of esters is 1. The zero-order valence-electron chi connectivity index (χ0n) is 11.0. The predicted molar refractivity (Wildman–Crippen MR) is 67.1 cm³/mol. The van der Waals surface area contributed by atoms with Gasteiger partial charge in [-0.25, -0.2) is 18.6 Å². The van der Waals surface area contributed by atoms with Crippen molar-refractivity contribution in [1.29, 1.82) is 0 Å². The summed E-state index contributed by atoms with van der Waals surface area (Å²) in [6, 6.07) is 0. The van der Waals surface area contributed by atoms with E-state index in [1.165, 1.54) is 6.08 Å². The van der Waals surface area contributed by atoms with Gasteiger partial charge in [0.25, 0.3) is 6.43 Å². The number of carbonyl (C=O) groups is 1. The molecule has 0 N–H and O–H groups in total. The Balaban J connectivity index is 3.00. The Labute approximate surface area is 110 Å². The zero-order valence-corrected chi connectivity index (χ0v) is 11.0. The highest BCUT2D eigenvalue weighted by atomic mass is 19.3. The molecule has 0 aliphatic carbocycles. The molecule has 6 heteroatoms. The van der Waals surface area contributed by atoms with E-state index in [-0.39, 0.29) is 25.3 Å². The van der Waals surface area contributed by atoms with Gasteiger partial charge in [0.05, 0.1) is 6.61 Å². The third kappa shape index (κ3) is 4.15. The van der Waals surface area contributed by atoms with E-state index in [0.717, 1.165) is 6.08 Å². The molecule has 1 unspecified atom stereocenters. The topological polar surface area (TPSA) is 47.9 Å². The van der Waals surface area contributed by atoms with E-state index in [2.05, 4.69) is 11.6 Å². The molecular formula is C13H17F2NO3. The molecular weight excluding hydrogens is 256 g/mol. The molecule has 1 heterocycles. The lowest BCUT2D eigenvalue weighted by Gasteiger charge is -2.31. The minimum absolute atomic E-state index is 0.0237. The zero-order chi connectivity index (χ0) is 14.5. The van der Waals surface area contributed by atoms with Gasteiger partial charge in [-0.2, -0.15) is 0 Å². The average Bonchev–Trinajstić information content (AvgIpc) is 2.27. The van der Waals surface area contributed by atoms with Crippen molar-refractivity contribution >= 4 is 11.9 Å². The fourth-order valence-corrected chi connectivity index (χ4v) is 1.89. The minimum Gasteiger partial charge on any atom is -0.464 e. The van der Waals surface area contributed by atoms with Gasteiger partial charge in [-0.15, -0.1) is 0 Å². The summed E-state index contributed by atoms with van der Waals surface area (Å²) < 4.78 is 34.4. The maximum Gasteiger partial charge on any atom is 0.334 e. The summed E-state index contributed by atoms with van der Waals surface area (Å²) in [5, 5.41) is 0. The van der Waals surface area contributed by atoms with Crippen LogP contribution in [0.15, 0.2) is 29.5 Å². The molecule has 4 nitrogen and oxygen atoms in total. The molecule has 19 heavy (non-hydrogen) atoms. The van der Waals surface area contributed by atoms with Gasteiger partial charge in [0.1, 0.15) is 5.76 Å². The molecule has 1 aliphatic rings. The fourth-order valence-electron chi connectivity index (χ4n) is 1.89. The van der Waals surface area contributed by atoms with Gasteiger partial charge in [-0.1, -0.05) is 12.7 Å². The highest BCUT2D eigenvalue weighted by molar-refractivity contribution is 5.87. The largest absolute Gasteiger partial charge is 0.464 e. The highest BCUT2D eigenvalue weighted by Crippen LogP contribution is 2.32. The molecule has 0 aromatic rings. The Kier molecular flexibility index (Phi) is 5.20. The molecule has 0 bridgehead atoms. The second kappa shape index (κ2) is 6.45. The molecule has 0 amide bonds. The van der Waals surface area contributed by atoms with Gasteiger partial charge in [0, 0.05) is 19.8 Å². The Morgan fingerprint density at radius 1 is 1.68 bits per heavy atom. The molecule has 1 rings (SSSR count). The number of carbonyl (C=O) groups excluding carboxylic acids is 1. The summed E-state index contributed by atoms with van der Waals surface area (Å²) in [6.07, 6.45) is -0.458. The van der Waals surface area contributed by atoms with Gasteiger partial charge < -0.3 is 9.47 Å². The third-order valence-corrected chi connectivity index (χ3v) is 2.55. The quantitative estimate of drug-likeness (QED) is 0.571. The van der Waals surface area contributed by atoms with E-state index >= 15 is 0 Å². The van der Waals surface area contributed by atoms with Gasteiger partial charge >= 0.3 is 5.97 Å². The Morgan fingerprint density at radius 3 is 2.89 bits per heavy atom. The Hall–Kier alpha value is -1.72. The van der Waals surface area contributed by atoms with Crippen LogP contribution in [0.2, 0.25) is 0 Å². The summed E-state index contributed by atoms with van der Waals surface area (Å²) in [7, 11) is 0. The SMILES string of the molecule is C=C1CC(C/C=C/C(F)F)(C(=O)OCC)N=C(C)O1. The summed E-state index contributed by atoms with van der Waals surface area (Å²) >= 11 is 0. The van der Waals surface area contributed by atoms with E-state index < -0.39 is 17.9 Å². The maximum absolute atomic E-state index is 12.1. The molecule has 1 atom stereocenters. The Bertz CT molecular complexity index is 418. The standard InChI is InChI=1S/C13H17F2NO3/c1-4-18-12(17)13(7-5-6-11(14)15)8-9(2)19-10(3)16-13/h5-6,11H,2,4,7-8H2,1,3H3/b6-5+. The van der Waals surface area contributed by atoms with Gasteiger partial charge in [-0.3, -0.25) is 0 Å². The van der Waals surface area contributed by atoms with Gasteiger partial charge in [0.15, 0.2) is 11.4 Å². The van der Waals surface area contributed by atoms with E-state index in [0.29, 0.717) is 5.76 Å². The Morgan fingerprint density at radius 2 is 2.37 bits per heavy atom. The maximum atomic E-state index is 12.1. The molecule has 0 aromatic heterocycles. The average molecular weight is 273 g/mol. The van der Waals surface area contributed by atoms with Crippen LogP contribution in [0.25, 0.3) is 0 Å². The molecule has 0 spiro atoms. The van der Waals surface area contributed by atoms with Crippen molar-refractivity contribution in [3.63, 3.8) is 0 Å². The monoisotopic (exact) mass is 273 g/mol. The lowest BCUT2D eigenvalue weighted by atomic mass is 9.90. The van der Waals surface area contributed by atoms with Crippen molar-refractivity contribution in [2.45, 2.75) is 38.7 Å². The van der Waals surface area contributed by atoms with Gasteiger partial charge in [-0.05, 0) is 13.0 Å². The van der Waals surface area contributed by atoms with E-state index in [1.807, 2.05) is 0 Å². The second-order valence-electron chi connectivity index (χ2n) is 4.17. The number of aliphatic imine (C=N–C) groups is 1. The smallest absolute Gasteiger partial charge is 0.334 e. The number of alkyl halides is 2. The number of nitrogens with zero attached hydrogens (tertiary/aromatic N) is 1. The van der Waals surface area contributed by atoms with Crippen LogP contribution in [0.1, 0.15) is 26.7 Å². The van der Waals surface area contributed by atoms with Crippen LogP contribution < -0.4 is 0 Å². The van der Waals surface area contributed by atoms with Crippen molar-refractivity contribution in [3.8, 4) is 0 Å². The summed E-state index contributed by atoms with van der Waals surface area (Å²) in [4.78, 5) is 16.2. The van der Waals surface area contributed by atoms with Crippen LogP contribution in [-0.4, -0.2) is 30.4 Å². The van der Waals surface area contributed by atoms with Crippen LogP contribution in [-0.2, 0) is 14.3 Å². The minimum atomic E-state index is -2.56. The van der Waals surface area contributed by atoms with Crippen LogP contribution in [0.3, 0.4) is 0 Å². The highest BCUT2D eigenvalue weighted by Gasteiger charge is 2.42. The number of hydrogen-bond donors (Lipinski definition) is 0. The molecule has 0 saturated carbocycles. The lowest BCUT2D eigenvalue weighted by Crippen LogP contribution is -2.42. The number of ether oxygens (including phenoxy) is 2. The molecule has 1 aliphatic heterocycles. The molecule has 0 radical (unpaired) electrons. The molecule has 0 aromatic carbocycles. The van der Waals surface area contributed by atoms with Crippen molar-refractivity contribution in [2.24, 2.45) is 4.99 Å². The van der Waals surface area contributed by atoms with Gasteiger partial charge in [0.2, 0.25) is 0 Å². The van der Waals surface area contributed by atoms with Crippen LogP contribution >= 0.6 is 0 Å². The molecule has 0 fully saturated rings. The van der Waals surface area contributed by atoms with E-state index in [9.17, 15) is 13.6 Å². The lowest BCUT2D eigenvalue weighted by molar-refractivity contribution is -0.150. The summed E-state index contributed by atoms with van der Waals surface area (Å²) in [5.74, 6) is 0.0819. The van der Waals surface area contributed by atoms with E-state index in [4.69, 9.17) is 9.47 Å². The number of halogens is 2. The molecule has 0 saturated heterocycles. The van der Waals surface area contributed by atoms with Crippen LogP contribution in [0.5, 0.6) is 0 Å². The number of allylic oxidation sites excluding steroid dienone is 1. The van der Waals surface area contributed by atoms with E-state index in [1.54, 1.807) is 13.8 Å². The third-order valence-electron chi connectivity index (χ3n) is 2.55. The van der Waals surface area contributed by atoms with Crippen LogP contribution in [0, 0.1) is 0 Å². The first-order valence-corrected chi connectivity index (χ1v) is 5.94.